The van der Waals surface area contributed by atoms with Gasteiger partial charge in [0, 0.05) is 11.6 Å². The monoisotopic (exact) mass is 398 g/mol. The van der Waals surface area contributed by atoms with Gasteiger partial charge in [0.1, 0.15) is 12.4 Å². The zero-order chi connectivity index (χ0) is 21.3. The van der Waals surface area contributed by atoms with Crippen LogP contribution in [0, 0.1) is 6.92 Å². The summed E-state index contributed by atoms with van der Waals surface area (Å²) in [5.41, 5.74) is 3.19. The van der Waals surface area contributed by atoms with Crippen molar-refractivity contribution >= 4 is 16.6 Å². The lowest BCUT2D eigenvalue weighted by Crippen LogP contribution is -2.22. The molecule has 0 unspecified atom stereocenters. The molecule has 4 nitrogen and oxygen atoms in total. The molecule has 0 saturated carbocycles. The summed E-state index contributed by atoms with van der Waals surface area (Å²) in [5.74, 6) is 0.525. The lowest BCUT2D eigenvalue weighted by Gasteiger charge is -2.18. The summed E-state index contributed by atoms with van der Waals surface area (Å²) >= 11 is 0. The standard InChI is InChI=1S/C26H26N2O2/c1-18-9-11-19(12-10-18)17-30-25-22-8-6-5-7-20(22)13-14-23(25)24(29)21-15-27-28(16-21)26(2,3)4/h5-16H,17H2,1-4H3. The van der Waals surface area contributed by atoms with E-state index in [4.69, 9.17) is 4.74 Å². The molecule has 30 heavy (non-hydrogen) atoms. The summed E-state index contributed by atoms with van der Waals surface area (Å²) in [6.07, 6.45) is 3.44. The number of ether oxygens (including phenoxy) is 1. The fraction of sp³-hybridized carbons (Fsp3) is 0.231. The molecular weight excluding hydrogens is 372 g/mol. The Balaban J connectivity index is 1.73. The van der Waals surface area contributed by atoms with Gasteiger partial charge in [-0.05, 0) is 44.7 Å². The zero-order valence-electron chi connectivity index (χ0n) is 17.8. The smallest absolute Gasteiger partial charge is 0.199 e. The molecule has 0 spiro atoms. The van der Waals surface area contributed by atoms with Gasteiger partial charge in [-0.15, -0.1) is 0 Å². The van der Waals surface area contributed by atoms with Gasteiger partial charge < -0.3 is 4.74 Å². The molecule has 0 aliphatic rings. The van der Waals surface area contributed by atoms with Crippen LogP contribution < -0.4 is 4.74 Å². The Labute approximate surface area is 177 Å². The molecule has 0 saturated heterocycles. The zero-order valence-corrected chi connectivity index (χ0v) is 17.8. The molecular formula is C26H26N2O2. The second-order valence-corrected chi connectivity index (χ2v) is 8.61. The Morgan fingerprint density at radius 3 is 2.43 bits per heavy atom. The number of benzene rings is 3. The van der Waals surface area contributed by atoms with E-state index in [1.54, 1.807) is 12.4 Å². The summed E-state index contributed by atoms with van der Waals surface area (Å²) in [6, 6.07) is 20.0. The lowest BCUT2D eigenvalue weighted by atomic mass is 10.00. The second-order valence-electron chi connectivity index (χ2n) is 8.61. The molecule has 0 N–H and O–H groups in total. The quantitative estimate of drug-likeness (QED) is 0.393. The first-order valence-electron chi connectivity index (χ1n) is 10.1. The van der Waals surface area contributed by atoms with E-state index >= 15 is 0 Å². The van der Waals surface area contributed by atoms with Crippen molar-refractivity contribution in [3.63, 3.8) is 0 Å². The minimum Gasteiger partial charge on any atom is -0.487 e. The normalized spacial score (nSPS) is 11.6. The Morgan fingerprint density at radius 2 is 1.73 bits per heavy atom. The predicted octanol–water partition coefficient (Wildman–Crippen LogP) is 5.91. The second kappa shape index (κ2) is 7.79. The third kappa shape index (κ3) is 3.99. The summed E-state index contributed by atoms with van der Waals surface area (Å²) in [7, 11) is 0. The third-order valence-electron chi connectivity index (χ3n) is 5.16. The third-order valence-corrected chi connectivity index (χ3v) is 5.16. The van der Waals surface area contributed by atoms with Crippen LogP contribution in [-0.2, 0) is 12.1 Å². The van der Waals surface area contributed by atoms with Gasteiger partial charge in [-0.1, -0.05) is 60.2 Å². The van der Waals surface area contributed by atoms with E-state index in [0.29, 0.717) is 23.5 Å². The van der Waals surface area contributed by atoms with Crippen molar-refractivity contribution in [3.05, 3.63) is 95.3 Å². The Bertz CT molecular complexity index is 1200. The van der Waals surface area contributed by atoms with Crippen LogP contribution in [0.25, 0.3) is 10.8 Å². The van der Waals surface area contributed by atoms with Crippen LogP contribution >= 0.6 is 0 Å². The largest absolute Gasteiger partial charge is 0.487 e. The summed E-state index contributed by atoms with van der Waals surface area (Å²) < 4.78 is 8.06. The molecule has 3 aromatic carbocycles. The maximum absolute atomic E-state index is 13.4. The van der Waals surface area contributed by atoms with Crippen LogP contribution in [0.15, 0.2) is 73.1 Å². The van der Waals surface area contributed by atoms with E-state index in [1.807, 2.05) is 41.1 Å². The molecule has 152 valence electrons. The van der Waals surface area contributed by atoms with E-state index in [9.17, 15) is 4.79 Å². The predicted molar refractivity (Wildman–Crippen MR) is 120 cm³/mol. The molecule has 0 aliphatic heterocycles. The fourth-order valence-electron chi connectivity index (χ4n) is 3.38. The highest BCUT2D eigenvalue weighted by molar-refractivity contribution is 6.13. The highest BCUT2D eigenvalue weighted by Crippen LogP contribution is 2.32. The van der Waals surface area contributed by atoms with E-state index in [1.165, 1.54) is 5.56 Å². The minimum absolute atomic E-state index is 0.0878. The lowest BCUT2D eigenvalue weighted by molar-refractivity contribution is 0.103. The van der Waals surface area contributed by atoms with Gasteiger partial charge in [-0.25, -0.2) is 0 Å². The molecule has 1 heterocycles. The number of hydrogen-bond donors (Lipinski definition) is 0. The molecule has 1 aromatic heterocycles. The Hall–Kier alpha value is -3.40. The van der Waals surface area contributed by atoms with E-state index in [-0.39, 0.29) is 11.3 Å². The minimum atomic E-state index is -0.188. The van der Waals surface area contributed by atoms with Crippen molar-refractivity contribution in [2.45, 2.75) is 39.8 Å². The summed E-state index contributed by atoms with van der Waals surface area (Å²) in [4.78, 5) is 13.4. The highest BCUT2D eigenvalue weighted by Gasteiger charge is 2.21. The first kappa shape index (κ1) is 19.9. The molecule has 0 radical (unpaired) electrons. The number of ketones is 1. The molecule has 4 aromatic rings. The van der Waals surface area contributed by atoms with Crippen LogP contribution in [0.2, 0.25) is 0 Å². The number of nitrogens with zero attached hydrogens (tertiary/aromatic N) is 2. The van der Waals surface area contributed by atoms with Gasteiger partial charge in [-0.2, -0.15) is 5.10 Å². The molecule has 4 rings (SSSR count). The van der Waals surface area contributed by atoms with Crippen LogP contribution in [0.1, 0.15) is 47.8 Å². The van der Waals surface area contributed by atoms with Crippen LogP contribution in [-0.4, -0.2) is 15.6 Å². The topological polar surface area (TPSA) is 44.1 Å². The van der Waals surface area contributed by atoms with Gasteiger partial charge in [-0.3, -0.25) is 9.48 Å². The van der Waals surface area contributed by atoms with Crippen LogP contribution in [0.5, 0.6) is 5.75 Å². The number of carbonyl (C=O) groups excluding carboxylic acids is 1. The maximum atomic E-state index is 13.4. The van der Waals surface area contributed by atoms with E-state index in [2.05, 4.69) is 57.1 Å². The number of fused-ring (bicyclic) bond motifs is 1. The number of carbonyl (C=O) groups is 1. The molecule has 4 heteroatoms. The molecule has 0 aliphatic carbocycles. The van der Waals surface area contributed by atoms with Crippen molar-refractivity contribution in [2.24, 2.45) is 0 Å². The number of aryl methyl sites for hydroxylation is 1. The van der Waals surface area contributed by atoms with E-state index in [0.717, 1.165) is 16.3 Å². The van der Waals surface area contributed by atoms with Crippen molar-refractivity contribution in [1.29, 1.82) is 0 Å². The maximum Gasteiger partial charge on any atom is 0.199 e. The molecule has 0 fully saturated rings. The molecule has 0 amide bonds. The SMILES string of the molecule is Cc1ccc(COc2c(C(=O)c3cnn(C(C)(C)C)c3)ccc3ccccc23)cc1. The number of rotatable bonds is 5. The summed E-state index contributed by atoms with van der Waals surface area (Å²) in [5, 5.41) is 6.35. The van der Waals surface area contributed by atoms with Crippen LogP contribution in [0.3, 0.4) is 0 Å². The Kier molecular flexibility index (Phi) is 5.17. The highest BCUT2D eigenvalue weighted by atomic mass is 16.5. The van der Waals surface area contributed by atoms with Gasteiger partial charge in [0.05, 0.1) is 22.9 Å². The molecule has 0 bridgehead atoms. The van der Waals surface area contributed by atoms with Gasteiger partial charge in [0.2, 0.25) is 0 Å². The Morgan fingerprint density at radius 1 is 1.00 bits per heavy atom. The van der Waals surface area contributed by atoms with Gasteiger partial charge >= 0.3 is 0 Å². The van der Waals surface area contributed by atoms with Crippen molar-refractivity contribution < 1.29 is 9.53 Å². The van der Waals surface area contributed by atoms with Crippen molar-refractivity contribution in [2.75, 3.05) is 0 Å². The number of hydrogen-bond acceptors (Lipinski definition) is 3. The van der Waals surface area contributed by atoms with Gasteiger partial charge in [0.25, 0.3) is 0 Å². The fourth-order valence-corrected chi connectivity index (χ4v) is 3.38. The first-order chi connectivity index (χ1) is 14.3. The first-order valence-corrected chi connectivity index (χ1v) is 10.1. The van der Waals surface area contributed by atoms with Gasteiger partial charge in [0.15, 0.2) is 5.78 Å². The van der Waals surface area contributed by atoms with E-state index < -0.39 is 0 Å². The molecule has 0 atom stereocenters. The average molecular weight is 399 g/mol. The number of aromatic nitrogens is 2. The van der Waals surface area contributed by atoms with Crippen molar-refractivity contribution in [3.8, 4) is 5.75 Å². The summed E-state index contributed by atoms with van der Waals surface area (Å²) in [6.45, 7) is 8.63. The average Bonchev–Trinajstić information content (AvgIpc) is 3.23. The van der Waals surface area contributed by atoms with Crippen molar-refractivity contribution in [1.82, 2.24) is 9.78 Å². The van der Waals surface area contributed by atoms with Crippen LogP contribution in [0.4, 0.5) is 0 Å².